The highest BCUT2D eigenvalue weighted by atomic mass is 16.5. The van der Waals surface area contributed by atoms with E-state index in [2.05, 4.69) is 11.8 Å². The zero-order valence-corrected chi connectivity index (χ0v) is 17.2. The summed E-state index contributed by atoms with van der Waals surface area (Å²) in [6.07, 6.45) is 1.97. The van der Waals surface area contributed by atoms with Gasteiger partial charge in [-0.1, -0.05) is 42.2 Å². The molecule has 4 heteroatoms. The molecule has 4 nitrogen and oxygen atoms in total. The fraction of sp³-hybridized carbons (Fsp3) is 0.154. The second kappa shape index (κ2) is 8.77. The number of benzene rings is 3. The number of nitrogens with zero attached hydrogens (tertiary/aromatic N) is 2. The number of fused-ring (bicyclic) bond motifs is 1. The van der Waals surface area contributed by atoms with Crippen LogP contribution in [-0.2, 0) is 6.54 Å². The standard InChI is InChI=1S/C26H24N2O2/c1-27(2)16-6-7-20-12-15-25-22(17-20)19-28(26(25)29)18-21-10-13-24(14-11-21)30-23-8-4-3-5-9-23/h3-5,8-15,17,19,29H,16,18H2,1-2H3. The molecule has 150 valence electrons. The van der Waals surface area contributed by atoms with Crippen LogP contribution < -0.4 is 4.74 Å². The molecule has 0 amide bonds. The molecular formula is C26H24N2O2. The van der Waals surface area contributed by atoms with E-state index in [-0.39, 0.29) is 5.88 Å². The van der Waals surface area contributed by atoms with Crippen molar-refractivity contribution in [3.63, 3.8) is 0 Å². The minimum absolute atomic E-state index is 0.266. The molecular weight excluding hydrogens is 372 g/mol. The van der Waals surface area contributed by atoms with Gasteiger partial charge in [0.15, 0.2) is 5.88 Å². The number of hydrogen-bond donors (Lipinski definition) is 1. The third kappa shape index (κ3) is 4.65. The summed E-state index contributed by atoms with van der Waals surface area (Å²) < 4.78 is 7.70. The Bertz CT molecular complexity index is 1200. The molecule has 30 heavy (non-hydrogen) atoms. The van der Waals surface area contributed by atoms with Crippen molar-refractivity contribution >= 4 is 10.8 Å². The predicted molar refractivity (Wildman–Crippen MR) is 121 cm³/mol. The van der Waals surface area contributed by atoms with Gasteiger partial charge in [-0.3, -0.25) is 4.90 Å². The summed E-state index contributed by atoms with van der Waals surface area (Å²) in [5.41, 5.74) is 2.03. The fourth-order valence-electron chi connectivity index (χ4n) is 3.24. The molecule has 0 aliphatic heterocycles. The van der Waals surface area contributed by atoms with Crippen molar-refractivity contribution in [2.24, 2.45) is 0 Å². The van der Waals surface area contributed by atoms with Gasteiger partial charge in [0, 0.05) is 22.5 Å². The van der Waals surface area contributed by atoms with E-state index in [4.69, 9.17) is 4.74 Å². The van der Waals surface area contributed by atoms with E-state index in [0.717, 1.165) is 33.4 Å². The van der Waals surface area contributed by atoms with Crippen LogP contribution >= 0.6 is 0 Å². The van der Waals surface area contributed by atoms with Crippen molar-refractivity contribution < 1.29 is 9.84 Å². The van der Waals surface area contributed by atoms with Crippen LogP contribution in [0.15, 0.2) is 79.0 Å². The molecule has 0 bridgehead atoms. The normalized spacial score (nSPS) is 10.8. The largest absolute Gasteiger partial charge is 0.494 e. The zero-order chi connectivity index (χ0) is 20.9. The van der Waals surface area contributed by atoms with Crippen LogP contribution in [0.1, 0.15) is 11.1 Å². The van der Waals surface area contributed by atoms with Gasteiger partial charge in [0.1, 0.15) is 11.5 Å². The first-order valence-corrected chi connectivity index (χ1v) is 9.86. The summed E-state index contributed by atoms with van der Waals surface area (Å²) in [6.45, 7) is 1.29. The summed E-state index contributed by atoms with van der Waals surface area (Å²) in [7, 11) is 3.99. The third-order valence-electron chi connectivity index (χ3n) is 4.74. The smallest absolute Gasteiger partial charge is 0.199 e. The molecule has 0 spiro atoms. The van der Waals surface area contributed by atoms with E-state index < -0.39 is 0 Å². The second-order valence-corrected chi connectivity index (χ2v) is 7.48. The highest BCUT2D eigenvalue weighted by Crippen LogP contribution is 2.29. The molecule has 0 aliphatic rings. The van der Waals surface area contributed by atoms with E-state index in [1.54, 1.807) is 0 Å². The van der Waals surface area contributed by atoms with Gasteiger partial charge < -0.3 is 14.4 Å². The van der Waals surface area contributed by atoms with Crippen molar-refractivity contribution in [2.45, 2.75) is 6.54 Å². The Labute approximate surface area is 177 Å². The third-order valence-corrected chi connectivity index (χ3v) is 4.74. The minimum atomic E-state index is 0.266. The van der Waals surface area contributed by atoms with Crippen LogP contribution in [-0.4, -0.2) is 35.2 Å². The van der Waals surface area contributed by atoms with Crippen LogP contribution in [0.3, 0.4) is 0 Å². The molecule has 3 aromatic carbocycles. The first-order valence-electron chi connectivity index (χ1n) is 9.86. The van der Waals surface area contributed by atoms with Gasteiger partial charge in [-0.05, 0) is 62.1 Å². The van der Waals surface area contributed by atoms with Gasteiger partial charge in [0.2, 0.25) is 0 Å². The SMILES string of the molecule is CN(C)CC#Cc1ccc2c(O)n(Cc3ccc(Oc4ccccc4)cc3)cc2c1. The molecule has 0 fully saturated rings. The number of para-hydroxylation sites is 1. The Morgan fingerprint density at radius 1 is 0.933 bits per heavy atom. The van der Waals surface area contributed by atoms with Crippen molar-refractivity contribution in [3.05, 3.63) is 90.1 Å². The molecule has 4 rings (SSSR count). The molecule has 0 aliphatic carbocycles. The van der Waals surface area contributed by atoms with Crippen LogP contribution in [0.25, 0.3) is 10.8 Å². The summed E-state index contributed by atoms with van der Waals surface area (Å²) >= 11 is 0. The average Bonchev–Trinajstić information content (AvgIpc) is 3.05. The Hall–Kier alpha value is -3.68. The highest BCUT2D eigenvalue weighted by Gasteiger charge is 2.09. The topological polar surface area (TPSA) is 37.6 Å². The van der Waals surface area contributed by atoms with E-state index in [0.29, 0.717) is 13.1 Å². The van der Waals surface area contributed by atoms with Crippen LogP contribution in [0.4, 0.5) is 0 Å². The lowest BCUT2D eigenvalue weighted by molar-refractivity contribution is 0.430. The zero-order valence-electron chi connectivity index (χ0n) is 17.2. The van der Waals surface area contributed by atoms with Gasteiger partial charge in [-0.2, -0.15) is 0 Å². The van der Waals surface area contributed by atoms with Crippen molar-refractivity contribution in [2.75, 3.05) is 20.6 Å². The van der Waals surface area contributed by atoms with E-state index in [1.807, 2.05) is 103 Å². The van der Waals surface area contributed by atoms with Crippen LogP contribution in [0, 0.1) is 11.8 Å². The number of aromatic nitrogens is 1. The lowest BCUT2D eigenvalue weighted by atomic mass is 10.1. The summed E-state index contributed by atoms with van der Waals surface area (Å²) in [5, 5.41) is 12.4. The van der Waals surface area contributed by atoms with Crippen molar-refractivity contribution in [3.8, 4) is 29.2 Å². The van der Waals surface area contributed by atoms with E-state index in [1.165, 1.54) is 0 Å². The Morgan fingerprint density at radius 2 is 1.67 bits per heavy atom. The van der Waals surface area contributed by atoms with Crippen molar-refractivity contribution in [1.82, 2.24) is 9.47 Å². The summed E-state index contributed by atoms with van der Waals surface area (Å²) in [4.78, 5) is 2.03. The summed E-state index contributed by atoms with van der Waals surface area (Å²) in [6, 6.07) is 23.5. The minimum Gasteiger partial charge on any atom is -0.494 e. The highest BCUT2D eigenvalue weighted by molar-refractivity contribution is 5.89. The number of rotatable bonds is 5. The van der Waals surface area contributed by atoms with Crippen molar-refractivity contribution in [1.29, 1.82) is 0 Å². The van der Waals surface area contributed by atoms with E-state index in [9.17, 15) is 5.11 Å². The van der Waals surface area contributed by atoms with E-state index >= 15 is 0 Å². The molecule has 1 aromatic heterocycles. The molecule has 0 saturated carbocycles. The fourth-order valence-corrected chi connectivity index (χ4v) is 3.24. The first-order chi connectivity index (χ1) is 14.6. The maximum Gasteiger partial charge on any atom is 0.199 e. The number of aromatic hydroxyl groups is 1. The number of hydrogen-bond acceptors (Lipinski definition) is 3. The molecule has 1 N–H and O–H groups in total. The lowest BCUT2D eigenvalue weighted by Gasteiger charge is -2.08. The van der Waals surface area contributed by atoms with Crippen LogP contribution in [0.5, 0.6) is 17.4 Å². The summed E-state index contributed by atoms with van der Waals surface area (Å²) in [5.74, 6) is 8.18. The Morgan fingerprint density at radius 3 is 2.40 bits per heavy atom. The maximum absolute atomic E-state index is 10.6. The van der Waals surface area contributed by atoms with Gasteiger partial charge >= 0.3 is 0 Å². The Kier molecular flexibility index (Phi) is 5.74. The van der Waals surface area contributed by atoms with Gasteiger partial charge in [-0.25, -0.2) is 0 Å². The molecule has 0 saturated heterocycles. The monoisotopic (exact) mass is 396 g/mol. The molecule has 0 atom stereocenters. The van der Waals surface area contributed by atoms with Crippen LogP contribution in [0.2, 0.25) is 0 Å². The number of ether oxygens (including phenoxy) is 1. The predicted octanol–water partition coefficient (Wildman–Crippen LogP) is 5.10. The van der Waals surface area contributed by atoms with Gasteiger partial charge in [0.25, 0.3) is 0 Å². The average molecular weight is 396 g/mol. The molecule has 4 aromatic rings. The van der Waals surface area contributed by atoms with Gasteiger partial charge in [0.05, 0.1) is 13.1 Å². The molecule has 1 heterocycles. The second-order valence-electron chi connectivity index (χ2n) is 7.48. The molecule has 0 radical (unpaired) electrons. The first kappa shape index (κ1) is 19.6. The maximum atomic E-state index is 10.6. The van der Waals surface area contributed by atoms with Gasteiger partial charge in [-0.15, -0.1) is 0 Å². The Balaban J connectivity index is 1.50. The quantitative estimate of drug-likeness (QED) is 0.477. The lowest BCUT2D eigenvalue weighted by Crippen LogP contribution is -2.10. The molecule has 0 unspecified atom stereocenters.